The van der Waals surface area contributed by atoms with Gasteiger partial charge in [0, 0.05) is 19.8 Å². The van der Waals surface area contributed by atoms with Crippen LogP contribution in [0.15, 0.2) is 24.3 Å². The van der Waals surface area contributed by atoms with E-state index in [1.54, 1.807) is 0 Å². The van der Waals surface area contributed by atoms with Crippen LogP contribution in [0.4, 0.5) is 0 Å². The number of likely N-dealkylation sites (N-methyl/N-ethyl adjacent to an activating group) is 1. The summed E-state index contributed by atoms with van der Waals surface area (Å²) in [7, 11) is 4.26. The van der Waals surface area contributed by atoms with Crippen LogP contribution in [0.5, 0.6) is 0 Å². The Bertz CT molecular complexity index is 573. The average molecular weight is 620 g/mol. The Hall–Kier alpha value is -0.640. The van der Waals surface area contributed by atoms with Crippen LogP contribution in [0.2, 0.25) is 0 Å². The molecular formula is C41H81NO2. The molecule has 3 heteroatoms. The zero-order chi connectivity index (χ0) is 32.0. The molecule has 0 heterocycles. The lowest BCUT2D eigenvalue weighted by Crippen LogP contribution is -2.32. The Balaban J connectivity index is 3.51. The summed E-state index contributed by atoms with van der Waals surface area (Å²) in [5.74, 6) is 0. The average Bonchev–Trinajstić information content (AvgIpc) is 3.01. The second-order valence-corrected chi connectivity index (χ2v) is 13.7. The number of nitrogens with zero attached hydrogens (tertiary/aromatic N) is 1. The van der Waals surface area contributed by atoms with Crippen molar-refractivity contribution in [3.8, 4) is 0 Å². The molecule has 0 aliphatic carbocycles. The van der Waals surface area contributed by atoms with Crippen molar-refractivity contribution >= 4 is 0 Å². The van der Waals surface area contributed by atoms with Gasteiger partial charge >= 0.3 is 0 Å². The molecule has 44 heavy (non-hydrogen) atoms. The number of rotatable bonds is 37. The van der Waals surface area contributed by atoms with E-state index in [-0.39, 0.29) is 6.10 Å². The van der Waals surface area contributed by atoms with Crippen molar-refractivity contribution in [3.63, 3.8) is 0 Å². The number of allylic oxidation sites excluding steroid dienone is 4. The lowest BCUT2D eigenvalue weighted by Gasteiger charge is -2.21. The van der Waals surface area contributed by atoms with Gasteiger partial charge in [-0.1, -0.05) is 173 Å². The van der Waals surface area contributed by atoms with E-state index in [4.69, 9.17) is 9.47 Å². The van der Waals surface area contributed by atoms with Gasteiger partial charge in [0.25, 0.3) is 0 Å². The van der Waals surface area contributed by atoms with Crippen LogP contribution in [0.25, 0.3) is 0 Å². The van der Waals surface area contributed by atoms with Crippen molar-refractivity contribution in [1.82, 2.24) is 4.90 Å². The van der Waals surface area contributed by atoms with Crippen molar-refractivity contribution in [2.75, 3.05) is 40.5 Å². The molecule has 0 rings (SSSR count). The predicted octanol–water partition coefficient (Wildman–Crippen LogP) is 13.0. The fourth-order valence-corrected chi connectivity index (χ4v) is 5.87. The third-order valence-electron chi connectivity index (χ3n) is 8.71. The summed E-state index contributed by atoms with van der Waals surface area (Å²) in [5, 5.41) is 0. The Morgan fingerprint density at radius 3 is 1.32 bits per heavy atom. The SMILES string of the molecule is CCCCCC=CCC=CCCCCCCCCOCC(CN(C)C)OCCCCCCCCCCCCCCCCCC. The summed E-state index contributed by atoms with van der Waals surface area (Å²) in [6.07, 6.45) is 47.6. The minimum absolute atomic E-state index is 0.200. The predicted molar refractivity (Wildman–Crippen MR) is 198 cm³/mol. The Morgan fingerprint density at radius 2 is 0.841 bits per heavy atom. The first-order valence-electron chi connectivity index (χ1n) is 19.8. The molecule has 262 valence electrons. The van der Waals surface area contributed by atoms with Crippen LogP contribution in [0, 0.1) is 0 Å². The van der Waals surface area contributed by atoms with Crippen molar-refractivity contribution in [1.29, 1.82) is 0 Å². The van der Waals surface area contributed by atoms with E-state index < -0.39 is 0 Å². The van der Waals surface area contributed by atoms with Gasteiger partial charge in [-0.2, -0.15) is 0 Å². The highest BCUT2D eigenvalue weighted by atomic mass is 16.5. The van der Waals surface area contributed by atoms with Crippen molar-refractivity contribution in [2.24, 2.45) is 0 Å². The third kappa shape index (κ3) is 37.5. The fraction of sp³-hybridized carbons (Fsp3) is 0.902. The maximum absolute atomic E-state index is 6.23. The Morgan fingerprint density at radius 1 is 0.455 bits per heavy atom. The minimum Gasteiger partial charge on any atom is -0.379 e. The van der Waals surface area contributed by atoms with Crippen molar-refractivity contribution in [3.05, 3.63) is 24.3 Å². The second-order valence-electron chi connectivity index (χ2n) is 13.7. The first kappa shape index (κ1) is 43.4. The van der Waals surface area contributed by atoms with E-state index in [0.717, 1.165) is 32.8 Å². The van der Waals surface area contributed by atoms with E-state index in [0.29, 0.717) is 0 Å². The Kier molecular flexibility index (Phi) is 38.0. The van der Waals surface area contributed by atoms with E-state index >= 15 is 0 Å². The summed E-state index contributed by atoms with van der Waals surface area (Å²) in [6, 6.07) is 0. The molecule has 0 radical (unpaired) electrons. The summed E-state index contributed by atoms with van der Waals surface area (Å²) >= 11 is 0. The molecule has 0 bridgehead atoms. The van der Waals surface area contributed by atoms with Gasteiger partial charge in [-0.25, -0.2) is 0 Å². The third-order valence-corrected chi connectivity index (χ3v) is 8.71. The van der Waals surface area contributed by atoms with Gasteiger partial charge in [0.1, 0.15) is 0 Å². The highest BCUT2D eigenvalue weighted by Gasteiger charge is 2.10. The quantitative estimate of drug-likeness (QED) is 0.0510. The number of hydrogen-bond acceptors (Lipinski definition) is 3. The monoisotopic (exact) mass is 620 g/mol. The van der Waals surface area contributed by atoms with Crippen molar-refractivity contribution in [2.45, 2.75) is 200 Å². The number of unbranched alkanes of at least 4 members (excludes halogenated alkanes) is 24. The lowest BCUT2D eigenvalue weighted by atomic mass is 10.0. The van der Waals surface area contributed by atoms with Gasteiger partial charge in [-0.15, -0.1) is 0 Å². The smallest absolute Gasteiger partial charge is 0.0934 e. The molecule has 0 saturated heterocycles. The molecule has 0 aromatic carbocycles. The molecule has 0 spiro atoms. The molecule has 1 unspecified atom stereocenters. The summed E-state index contributed by atoms with van der Waals surface area (Å²) in [6.45, 7) is 8.00. The molecule has 0 fully saturated rings. The van der Waals surface area contributed by atoms with Crippen LogP contribution in [-0.4, -0.2) is 51.5 Å². The van der Waals surface area contributed by atoms with Crippen molar-refractivity contribution < 1.29 is 9.47 Å². The highest BCUT2D eigenvalue weighted by molar-refractivity contribution is 4.92. The molecule has 0 saturated carbocycles. The van der Waals surface area contributed by atoms with Crippen LogP contribution in [0.3, 0.4) is 0 Å². The Labute approximate surface area is 278 Å². The zero-order valence-corrected chi connectivity index (χ0v) is 30.8. The van der Waals surface area contributed by atoms with E-state index in [2.05, 4.69) is 57.1 Å². The van der Waals surface area contributed by atoms with Gasteiger partial charge in [-0.05, 0) is 59.0 Å². The largest absolute Gasteiger partial charge is 0.379 e. The van der Waals surface area contributed by atoms with Crippen LogP contribution >= 0.6 is 0 Å². The van der Waals surface area contributed by atoms with Gasteiger partial charge in [-0.3, -0.25) is 0 Å². The summed E-state index contributed by atoms with van der Waals surface area (Å²) < 4.78 is 12.3. The van der Waals surface area contributed by atoms with Crippen LogP contribution < -0.4 is 0 Å². The molecule has 0 aliphatic rings. The summed E-state index contributed by atoms with van der Waals surface area (Å²) in [4.78, 5) is 2.22. The molecule has 1 atom stereocenters. The molecule has 0 N–H and O–H groups in total. The standard InChI is InChI=1S/C41H81NO2/c1-5-7-9-11-13-15-17-19-21-23-25-27-29-31-33-35-37-43-40-41(39-42(3)4)44-38-36-34-32-30-28-26-24-22-20-18-16-14-12-10-8-6-2/h13,15,19,21,41H,5-12,14,16-18,20,22-40H2,1-4H3. The normalized spacial score (nSPS) is 12.8. The topological polar surface area (TPSA) is 21.7 Å². The molecular weight excluding hydrogens is 538 g/mol. The minimum atomic E-state index is 0.200. The van der Waals surface area contributed by atoms with E-state index in [1.165, 1.54) is 173 Å². The van der Waals surface area contributed by atoms with E-state index in [1.807, 2.05) is 0 Å². The van der Waals surface area contributed by atoms with E-state index in [9.17, 15) is 0 Å². The summed E-state index contributed by atoms with van der Waals surface area (Å²) in [5.41, 5.74) is 0. The fourth-order valence-electron chi connectivity index (χ4n) is 5.87. The molecule has 0 aromatic heterocycles. The maximum atomic E-state index is 6.23. The highest BCUT2D eigenvalue weighted by Crippen LogP contribution is 2.14. The second kappa shape index (κ2) is 38.5. The molecule has 0 amide bonds. The van der Waals surface area contributed by atoms with Crippen LogP contribution in [-0.2, 0) is 9.47 Å². The number of hydrogen-bond donors (Lipinski definition) is 0. The van der Waals surface area contributed by atoms with Gasteiger partial charge in [0.15, 0.2) is 0 Å². The molecule has 0 aliphatic heterocycles. The zero-order valence-electron chi connectivity index (χ0n) is 30.8. The molecule has 3 nitrogen and oxygen atoms in total. The maximum Gasteiger partial charge on any atom is 0.0934 e. The van der Waals surface area contributed by atoms with Gasteiger partial charge in [0.2, 0.25) is 0 Å². The van der Waals surface area contributed by atoms with Gasteiger partial charge < -0.3 is 14.4 Å². The van der Waals surface area contributed by atoms with Gasteiger partial charge in [0.05, 0.1) is 12.7 Å². The first-order valence-corrected chi connectivity index (χ1v) is 19.8. The molecule has 0 aromatic rings. The number of ether oxygens (including phenoxy) is 2. The first-order chi connectivity index (χ1) is 21.7. The lowest BCUT2D eigenvalue weighted by molar-refractivity contribution is -0.0287. The van der Waals surface area contributed by atoms with Crippen LogP contribution in [0.1, 0.15) is 194 Å².